The lowest BCUT2D eigenvalue weighted by molar-refractivity contribution is -0.385. The second kappa shape index (κ2) is 5.52. The molecule has 20 heavy (non-hydrogen) atoms. The number of carbonyl (C=O) groups is 1. The van der Waals surface area contributed by atoms with Crippen molar-refractivity contribution in [2.75, 3.05) is 0 Å². The van der Waals surface area contributed by atoms with Gasteiger partial charge in [0.2, 0.25) is 0 Å². The maximum atomic E-state index is 11.8. The van der Waals surface area contributed by atoms with Crippen LogP contribution in [0.1, 0.15) is 21.6 Å². The van der Waals surface area contributed by atoms with Crippen molar-refractivity contribution in [3.05, 3.63) is 57.4 Å². The van der Waals surface area contributed by atoms with Gasteiger partial charge in [0.05, 0.1) is 4.92 Å². The summed E-state index contributed by atoms with van der Waals surface area (Å²) in [6.45, 7) is 1.70. The number of nitro benzene ring substituents is 1. The van der Waals surface area contributed by atoms with E-state index in [9.17, 15) is 14.9 Å². The Morgan fingerprint density at radius 3 is 2.75 bits per heavy atom. The maximum Gasteiger partial charge on any atom is 0.356 e. The van der Waals surface area contributed by atoms with Crippen molar-refractivity contribution >= 4 is 11.7 Å². The molecule has 0 spiro atoms. The fourth-order valence-electron chi connectivity index (χ4n) is 1.81. The predicted octanol–water partition coefficient (Wildman–Crippen LogP) is 1.99. The van der Waals surface area contributed by atoms with Gasteiger partial charge in [0.1, 0.15) is 12.3 Å². The van der Waals surface area contributed by atoms with Crippen LogP contribution in [0, 0.1) is 17.0 Å². The lowest BCUT2D eigenvalue weighted by Gasteiger charge is -2.06. The molecule has 1 heterocycles. The van der Waals surface area contributed by atoms with Gasteiger partial charge in [-0.15, -0.1) is 0 Å². The monoisotopic (exact) mass is 275 g/mol. The Balaban J connectivity index is 2.05. The van der Waals surface area contributed by atoms with Gasteiger partial charge in [-0.25, -0.2) is 4.79 Å². The first-order valence-corrected chi connectivity index (χ1v) is 5.88. The van der Waals surface area contributed by atoms with Crippen molar-refractivity contribution in [1.29, 1.82) is 0 Å². The van der Waals surface area contributed by atoms with Crippen LogP contribution in [0.3, 0.4) is 0 Å². The number of esters is 1. The third kappa shape index (κ3) is 2.82. The van der Waals surface area contributed by atoms with Crippen LogP contribution in [0.25, 0.3) is 0 Å². The van der Waals surface area contributed by atoms with E-state index in [-0.39, 0.29) is 12.3 Å². The molecule has 0 fully saturated rings. The van der Waals surface area contributed by atoms with E-state index in [0.717, 1.165) is 0 Å². The number of hydrogen-bond donors (Lipinski definition) is 0. The van der Waals surface area contributed by atoms with Crippen molar-refractivity contribution in [1.82, 2.24) is 9.78 Å². The summed E-state index contributed by atoms with van der Waals surface area (Å²) in [5.41, 5.74) is 1.63. The summed E-state index contributed by atoms with van der Waals surface area (Å²) in [6, 6.07) is 6.17. The Morgan fingerprint density at radius 2 is 2.20 bits per heavy atom. The standard InChI is InChI=1S/C13H13N3O4/c1-9-7-10(3-4-11(9)16(18)19)8-20-13(17)12-5-6-14-15(12)2/h3-7H,8H2,1-2H3. The first-order chi connectivity index (χ1) is 9.49. The zero-order valence-electron chi connectivity index (χ0n) is 11.1. The van der Waals surface area contributed by atoms with E-state index in [4.69, 9.17) is 4.74 Å². The number of benzene rings is 1. The largest absolute Gasteiger partial charge is 0.456 e. The van der Waals surface area contributed by atoms with Gasteiger partial charge in [0.15, 0.2) is 0 Å². The van der Waals surface area contributed by atoms with Gasteiger partial charge >= 0.3 is 5.97 Å². The van der Waals surface area contributed by atoms with Crippen LogP contribution in [0.5, 0.6) is 0 Å². The molecule has 0 bridgehead atoms. The van der Waals surface area contributed by atoms with E-state index in [2.05, 4.69) is 5.10 Å². The Hall–Kier alpha value is -2.70. The minimum absolute atomic E-state index is 0.0479. The minimum Gasteiger partial charge on any atom is -0.456 e. The normalized spacial score (nSPS) is 10.3. The van der Waals surface area contributed by atoms with Crippen LogP contribution in [0.2, 0.25) is 0 Å². The fraction of sp³-hybridized carbons (Fsp3) is 0.231. The SMILES string of the molecule is Cc1cc(COC(=O)c2ccnn2C)ccc1[N+](=O)[O-]. The number of nitrogens with zero attached hydrogens (tertiary/aromatic N) is 3. The van der Waals surface area contributed by atoms with E-state index in [1.54, 1.807) is 32.2 Å². The molecule has 0 amide bonds. The minimum atomic E-state index is -0.485. The van der Waals surface area contributed by atoms with E-state index in [0.29, 0.717) is 16.8 Å². The Kier molecular flexibility index (Phi) is 3.79. The lowest BCUT2D eigenvalue weighted by Crippen LogP contribution is -2.10. The summed E-state index contributed by atoms with van der Waals surface area (Å²) >= 11 is 0. The molecule has 7 nitrogen and oxygen atoms in total. The van der Waals surface area contributed by atoms with Crippen molar-refractivity contribution in [2.24, 2.45) is 7.05 Å². The molecular weight excluding hydrogens is 262 g/mol. The lowest BCUT2D eigenvalue weighted by atomic mass is 10.1. The van der Waals surface area contributed by atoms with Gasteiger partial charge in [0.25, 0.3) is 5.69 Å². The average Bonchev–Trinajstić information content (AvgIpc) is 2.82. The van der Waals surface area contributed by atoms with Gasteiger partial charge in [-0.3, -0.25) is 14.8 Å². The smallest absolute Gasteiger partial charge is 0.356 e. The molecule has 104 valence electrons. The highest BCUT2D eigenvalue weighted by Crippen LogP contribution is 2.19. The third-order valence-electron chi connectivity index (χ3n) is 2.86. The van der Waals surface area contributed by atoms with Crippen molar-refractivity contribution in [3.63, 3.8) is 0 Å². The van der Waals surface area contributed by atoms with Crippen molar-refractivity contribution < 1.29 is 14.5 Å². The quantitative estimate of drug-likeness (QED) is 0.483. The molecule has 0 aliphatic carbocycles. The molecule has 0 radical (unpaired) electrons. The highest BCUT2D eigenvalue weighted by atomic mass is 16.6. The molecule has 0 aliphatic rings. The second-order valence-electron chi connectivity index (χ2n) is 4.29. The molecule has 0 unspecified atom stereocenters. The number of nitro groups is 1. The fourth-order valence-corrected chi connectivity index (χ4v) is 1.81. The predicted molar refractivity (Wildman–Crippen MR) is 70.2 cm³/mol. The molecule has 2 aromatic rings. The average molecular weight is 275 g/mol. The Bertz CT molecular complexity index is 663. The number of rotatable bonds is 4. The first kappa shape index (κ1) is 13.7. The van der Waals surface area contributed by atoms with Gasteiger partial charge in [-0.2, -0.15) is 5.10 Å². The van der Waals surface area contributed by atoms with E-state index in [1.165, 1.54) is 16.9 Å². The van der Waals surface area contributed by atoms with Gasteiger partial charge in [-0.1, -0.05) is 0 Å². The molecule has 0 aliphatic heterocycles. The van der Waals surface area contributed by atoms with Crippen LogP contribution in [-0.4, -0.2) is 20.7 Å². The van der Waals surface area contributed by atoms with Crippen molar-refractivity contribution in [3.8, 4) is 0 Å². The number of hydrogen-bond acceptors (Lipinski definition) is 5. The highest BCUT2D eigenvalue weighted by molar-refractivity contribution is 5.87. The number of aryl methyl sites for hydroxylation is 2. The topological polar surface area (TPSA) is 87.3 Å². The summed E-state index contributed by atoms with van der Waals surface area (Å²) in [5, 5.41) is 14.6. The molecule has 0 N–H and O–H groups in total. The van der Waals surface area contributed by atoms with Gasteiger partial charge in [-0.05, 0) is 30.7 Å². The van der Waals surface area contributed by atoms with E-state index < -0.39 is 10.9 Å². The van der Waals surface area contributed by atoms with Crippen molar-refractivity contribution in [2.45, 2.75) is 13.5 Å². The van der Waals surface area contributed by atoms with Crippen LogP contribution in [0.15, 0.2) is 30.5 Å². The van der Waals surface area contributed by atoms with Crippen LogP contribution >= 0.6 is 0 Å². The molecule has 7 heteroatoms. The molecule has 1 aromatic carbocycles. The third-order valence-corrected chi connectivity index (χ3v) is 2.86. The zero-order valence-corrected chi connectivity index (χ0v) is 11.1. The highest BCUT2D eigenvalue weighted by Gasteiger charge is 2.13. The van der Waals surface area contributed by atoms with E-state index >= 15 is 0 Å². The molecule has 0 saturated heterocycles. The van der Waals surface area contributed by atoms with Crippen LogP contribution in [0.4, 0.5) is 5.69 Å². The molecule has 2 rings (SSSR count). The zero-order chi connectivity index (χ0) is 14.7. The molecule has 0 saturated carbocycles. The van der Waals surface area contributed by atoms with Gasteiger partial charge in [0, 0.05) is 24.9 Å². The first-order valence-electron chi connectivity index (χ1n) is 5.88. The summed E-state index contributed by atoms with van der Waals surface area (Å²) in [6.07, 6.45) is 1.51. The number of carbonyl (C=O) groups excluding carboxylic acids is 1. The summed E-state index contributed by atoms with van der Waals surface area (Å²) in [4.78, 5) is 22.0. The van der Waals surface area contributed by atoms with Crippen LogP contribution < -0.4 is 0 Å². The number of ether oxygens (including phenoxy) is 1. The Morgan fingerprint density at radius 1 is 1.45 bits per heavy atom. The van der Waals surface area contributed by atoms with Gasteiger partial charge < -0.3 is 4.74 Å². The number of aromatic nitrogens is 2. The second-order valence-corrected chi connectivity index (χ2v) is 4.29. The summed E-state index contributed by atoms with van der Waals surface area (Å²) < 4.78 is 6.56. The molecule has 0 atom stereocenters. The molecule has 1 aromatic heterocycles. The molecular formula is C13H13N3O4. The Labute approximate surface area is 114 Å². The van der Waals surface area contributed by atoms with E-state index in [1.807, 2.05) is 0 Å². The summed E-state index contributed by atoms with van der Waals surface area (Å²) in [5.74, 6) is -0.485. The maximum absolute atomic E-state index is 11.8. The summed E-state index contributed by atoms with van der Waals surface area (Å²) in [7, 11) is 1.65. The van der Waals surface area contributed by atoms with Crippen LogP contribution in [-0.2, 0) is 18.4 Å².